The minimum Gasteiger partial charge on any atom is -0.342 e. The van der Waals surface area contributed by atoms with E-state index in [4.69, 9.17) is 0 Å². The van der Waals surface area contributed by atoms with Crippen LogP contribution in [0.4, 0.5) is 4.39 Å². The normalized spacial score (nSPS) is 22.1. The van der Waals surface area contributed by atoms with Gasteiger partial charge >= 0.3 is 0 Å². The van der Waals surface area contributed by atoms with Crippen molar-refractivity contribution >= 4 is 5.84 Å². The van der Waals surface area contributed by atoms with Crippen LogP contribution in [0.25, 0.3) is 0 Å². The molecule has 1 aliphatic carbocycles. The molecule has 0 radical (unpaired) electrons. The van der Waals surface area contributed by atoms with Crippen LogP contribution < -0.4 is 5.32 Å². The number of rotatable bonds is 3. The molecule has 1 N–H and O–H groups in total. The van der Waals surface area contributed by atoms with Crippen molar-refractivity contribution in [3.05, 3.63) is 23.8 Å². The second-order valence-electron chi connectivity index (χ2n) is 3.89. The van der Waals surface area contributed by atoms with Gasteiger partial charge in [-0.1, -0.05) is 19.9 Å². The fourth-order valence-electron chi connectivity index (χ4n) is 1.56. The van der Waals surface area contributed by atoms with Gasteiger partial charge in [0.15, 0.2) is 5.83 Å². The van der Waals surface area contributed by atoms with Gasteiger partial charge in [0.2, 0.25) is 0 Å². The van der Waals surface area contributed by atoms with Gasteiger partial charge in [0, 0.05) is 5.92 Å². The Hall–Kier alpha value is -1.12. The number of hydrogen-bond acceptors (Lipinski definition) is 2. The second-order valence-corrected chi connectivity index (χ2v) is 3.89. The molecule has 2 rings (SSSR count). The first-order valence-electron chi connectivity index (χ1n) is 5.16. The SMILES string of the molecule is C=C1NC(C2CC2)=NC(CCC)=C1F. The molecule has 0 aromatic heterocycles. The molecule has 1 saturated carbocycles. The van der Waals surface area contributed by atoms with Crippen LogP contribution in [-0.2, 0) is 0 Å². The van der Waals surface area contributed by atoms with Crippen LogP contribution in [0, 0.1) is 5.92 Å². The number of aliphatic imine (C=N–C) groups is 1. The Morgan fingerprint density at radius 2 is 2.29 bits per heavy atom. The van der Waals surface area contributed by atoms with Gasteiger partial charge in [-0.2, -0.15) is 0 Å². The van der Waals surface area contributed by atoms with Crippen molar-refractivity contribution in [2.75, 3.05) is 0 Å². The summed E-state index contributed by atoms with van der Waals surface area (Å²) in [5.74, 6) is 1.17. The minimum absolute atomic E-state index is 0.267. The summed E-state index contributed by atoms with van der Waals surface area (Å²) in [5.41, 5.74) is 0.948. The fraction of sp³-hybridized carbons (Fsp3) is 0.545. The fourth-order valence-corrected chi connectivity index (χ4v) is 1.56. The maximum atomic E-state index is 13.5. The van der Waals surface area contributed by atoms with E-state index in [1.807, 2.05) is 6.92 Å². The molecule has 0 atom stereocenters. The molecule has 0 spiro atoms. The highest BCUT2D eigenvalue weighted by Gasteiger charge is 2.31. The van der Waals surface area contributed by atoms with Crippen molar-refractivity contribution in [3.8, 4) is 0 Å². The molecular formula is C11H15FN2. The van der Waals surface area contributed by atoms with Crippen LogP contribution in [0.5, 0.6) is 0 Å². The number of nitrogens with zero attached hydrogens (tertiary/aromatic N) is 1. The summed E-state index contributed by atoms with van der Waals surface area (Å²) in [7, 11) is 0. The monoisotopic (exact) mass is 194 g/mol. The summed E-state index contributed by atoms with van der Waals surface area (Å²) in [6, 6.07) is 0. The smallest absolute Gasteiger partial charge is 0.167 e. The number of amidine groups is 1. The van der Waals surface area contributed by atoms with Gasteiger partial charge < -0.3 is 5.32 Å². The van der Waals surface area contributed by atoms with Crippen molar-refractivity contribution in [1.82, 2.24) is 5.32 Å². The standard InChI is InChI=1S/C11H15FN2/c1-3-4-9-10(12)7(2)13-11(14-9)8-5-6-8/h8H,2-6H2,1H3,(H,13,14). The van der Waals surface area contributed by atoms with Crippen LogP contribution in [0.1, 0.15) is 32.6 Å². The van der Waals surface area contributed by atoms with Gasteiger partial charge in [-0.3, -0.25) is 0 Å². The third-order valence-electron chi connectivity index (χ3n) is 2.50. The summed E-state index contributed by atoms with van der Waals surface area (Å²) in [6.07, 6.45) is 3.94. The van der Waals surface area contributed by atoms with Crippen LogP contribution in [0.15, 0.2) is 28.8 Å². The first kappa shape index (κ1) is 9.44. The Morgan fingerprint density at radius 1 is 1.57 bits per heavy atom. The molecule has 1 fully saturated rings. The van der Waals surface area contributed by atoms with E-state index < -0.39 is 0 Å². The Labute approximate surface area is 83.6 Å². The summed E-state index contributed by atoms with van der Waals surface area (Å²) in [6.45, 7) is 5.69. The van der Waals surface area contributed by atoms with Crippen molar-refractivity contribution in [3.63, 3.8) is 0 Å². The predicted molar refractivity (Wildman–Crippen MR) is 55.5 cm³/mol. The zero-order valence-electron chi connectivity index (χ0n) is 8.44. The average Bonchev–Trinajstić information content (AvgIpc) is 2.96. The molecule has 3 heteroatoms. The lowest BCUT2D eigenvalue weighted by Gasteiger charge is -2.18. The van der Waals surface area contributed by atoms with Crippen LogP contribution in [0.2, 0.25) is 0 Å². The first-order valence-corrected chi connectivity index (χ1v) is 5.16. The maximum Gasteiger partial charge on any atom is 0.167 e. The third kappa shape index (κ3) is 1.72. The Kier molecular flexibility index (Phi) is 2.40. The molecule has 0 saturated heterocycles. The van der Waals surface area contributed by atoms with Gasteiger partial charge in [0.25, 0.3) is 0 Å². The summed E-state index contributed by atoms with van der Waals surface area (Å²) in [4.78, 5) is 4.31. The molecule has 0 amide bonds. The number of hydrogen-bond donors (Lipinski definition) is 1. The maximum absolute atomic E-state index is 13.5. The molecule has 76 valence electrons. The lowest BCUT2D eigenvalue weighted by atomic mass is 10.2. The second kappa shape index (κ2) is 3.56. The van der Waals surface area contributed by atoms with Gasteiger partial charge in [-0.25, -0.2) is 9.38 Å². The molecule has 1 aliphatic heterocycles. The molecule has 14 heavy (non-hydrogen) atoms. The van der Waals surface area contributed by atoms with Crippen LogP contribution in [-0.4, -0.2) is 5.84 Å². The molecule has 2 aliphatic rings. The Morgan fingerprint density at radius 3 is 2.86 bits per heavy atom. The van der Waals surface area contributed by atoms with Gasteiger partial charge in [-0.15, -0.1) is 0 Å². The lowest BCUT2D eigenvalue weighted by Crippen LogP contribution is -2.28. The molecule has 2 nitrogen and oxygen atoms in total. The van der Waals surface area contributed by atoms with Gasteiger partial charge in [0.1, 0.15) is 5.84 Å². The van der Waals surface area contributed by atoms with E-state index in [1.165, 1.54) is 12.8 Å². The minimum atomic E-state index is -0.267. The van der Waals surface area contributed by atoms with Crippen molar-refractivity contribution < 1.29 is 4.39 Å². The van der Waals surface area contributed by atoms with E-state index in [-0.39, 0.29) is 5.83 Å². The molecule has 0 unspecified atom stereocenters. The van der Waals surface area contributed by atoms with Crippen molar-refractivity contribution in [1.29, 1.82) is 0 Å². The first-order chi connectivity index (χ1) is 6.72. The van der Waals surface area contributed by atoms with Crippen molar-refractivity contribution in [2.24, 2.45) is 10.9 Å². The average molecular weight is 194 g/mol. The topological polar surface area (TPSA) is 24.4 Å². The summed E-state index contributed by atoms with van der Waals surface area (Å²) in [5, 5.41) is 2.94. The quantitative estimate of drug-likeness (QED) is 0.734. The molecular weight excluding hydrogens is 179 g/mol. The lowest BCUT2D eigenvalue weighted by molar-refractivity contribution is 0.607. The highest BCUT2D eigenvalue weighted by Crippen LogP contribution is 2.34. The van der Waals surface area contributed by atoms with E-state index in [0.717, 1.165) is 12.3 Å². The predicted octanol–water partition coefficient (Wildman–Crippen LogP) is 2.89. The Balaban J connectivity index is 2.23. The highest BCUT2D eigenvalue weighted by atomic mass is 19.1. The molecule has 0 bridgehead atoms. The number of halogens is 1. The van der Waals surface area contributed by atoms with Crippen LogP contribution in [0.3, 0.4) is 0 Å². The molecule has 1 heterocycles. The van der Waals surface area contributed by atoms with Gasteiger partial charge in [0.05, 0.1) is 11.4 Å². The highest BCUT2D eigenvalue weighted by molar-refractivity contribution is 5.90. The Bertz CT molecular complexity index is 324. The van der Waals surface area contributed by atoms with Crippen molar-refractivity contribution in [2.45, 2.75) is 32.6 Å². The molecule has 0 aromatic rings. The zero-order valence-corrected chi connectivity index (χ0v) is 8.44. The summed E-state index contributed by atoms with van der Waals surface area (Å²) >= 11 is 0. The largest absolute Gasteiger partial charge is 0.342 e. The number of nitrogens with one attached hydrogen (secondary N) is 1. The van der Waals surface area contributed by atoms with E-state index in [2.05, 4.69) is 16.9 Å². The van der Waals surface area contributed by atoms with E-state index in [0.29, 0.717) is 23.7 Å². The van der Waals surface area contributed by atoms with Gasteiger partial charge in [-0.05, 0) is 19.3 Å². The van der Waals surface area contributed by atoms with Crippen LogP contribution >= 0.6 is 0 Å². The summed E-state index contributed by atoms with van der Waals surface area (Å²) < 4.78 is 13.5. The van der Waals surface area contributed by atoms with E-state index in [9.17, 15) is 4.39 Å². The zero-order chi connectivity index (χ0) is 10.1. The van der Waals surface area contributed by atoms with E-state index in [1.54, 1.807) is 0 Å². The number of allylic oxidation sites excluding steroid dienone is 2. The molecule has 0 aromatic carbocycles. The van der Waals surface area contributed by atoms with E-state index >= 15 is 0 Å². The third-order valence-corrected chi connectivity index (χ3v) is 2.50.